The molecule has 0 bridgehead atoms. The Labute approximate surface area is 61.8 Å². The third-order valence-electron chi connectivity index (χ3n) is 1.70. The summed E-state index contributed by atoms with van der Waals surface area (Å²) >= 11 is 2.07. The molecule has 2 heteroatoms. The fraction of sp³-hybridized carbons (Fsp3) is 1.00. The van der Waals surface area contributed by atoms with Crippen molar-refractivity contribution in [2.24, 2.45) is 5.92 Å². The van der Waals surface area contributed by atoms with Gasteiger partial charge in [-0.3, -0.25) is 0 Å². The van der Waals surface area contributed by atoms with Crippen molar-refractivity contribution in [2.75, 3.05) is 31.6 Å². The highest BCUT2D eigenvalue weighted by atomic mass is 32.2. The third kappa shape index (κ3) is 2.18. The lowest BCUT2D eigenvalue weighted by Crippen LogP contribution is -2.44. The lowest BCUT2D eigenvalue weighted by Gasteiger charge is -2.35. The molecule has 1 nitrogen and oxygen atoms in total. The number of likely N-dealkylation sites (tertiary alicyclic amines) is 1. The molecule has 1 aliphatic rings. The standard InChI is InChI=1S/C7H15NS/c1-3-9-6-7-4-8(2)5-7/h7H,3-6H2,1-2H3. The first-order chi connectivity index (χ1) is 4.33. The van der Waals surface area contributed by atoms with E-state index in [1.54, 1.807) is 0 Å². The molecule has 0 aromatic carbocycles. The molecule has 1 fully saturated rings. The zero-order chi connectivity index (χ0) is 6.69. The van der Waals surface area contributed by atoms with E-state index in [9.17, 15) is 0 Å². The topological polar surface area (TPSA) is 3.24 Å². The van der Waals surface area contributed by atoms with E-state index < -0.39 is 0 Å². The predicted octanol–water partition coefficient (Wildman–Crippen LogP) is 1.30. The van der Waals surface area contributed by atoms with Gasteiger partial charge in [-0.1, -0.05) is 6.92 Å². The summed E-state index contributed by atoms with van der Waals surface area (Å²) in [5.41, 5.74) is 0. The molecular weight excluding hydrogens is 130 g/mol. The predicted molar refractivity (Wildman–Crippen MR) is 44.0 cm³/mol. The molecule has 1 aliphatic heterocycles. The second-order valence-corrected chi connectivity index (χ2v) is 4.07. The van der Waals surface area contributed by atoms with Gasteiger partial charge in [-0.15, -0.1) is 0 Å². The Morgan fingerprint density at radius 2 is 2.22 bits per heavy atom. The van der Waals surface area contributed by atoms with E-state index in [2.05, 4.69) is 30.6 Å². The van der Waals surface area contributed by atoms with Crippen molar-refractivity contribution in [3.63, 3.8) is 0 Å². The van der Waals surface area contributed by atoms with Gasteiger partial charge in [0.1, 0.15) is 0 Å². The Kier molecular flexibility index (Phi) is 2.86. The van der Waals surface area contributed by atoms with Crippen LogP contribution in [0.5, 0.6) is 0 Å². The fourth-order valence-electron chi connectivity index (χ4n) is 1.22. The Bertz CT molecular complexity index is 79.0. The minimum absolute atomic E-state index is 1.000. The van der Waals surface area contributed by atoms with Crippen molar-refractivity contribution in [3.8, 4) is 0 Å². The van der Waals surface area contributed by atoms with Crippen LogP contribution in [0.4, 0.5) is 0 Å². The molecular formula is C7H15NS. The van der Waals surface area contributed by atoms with Gasteiger partial charge in [0.15, 0.2) is 0 Å². The lowest BCUT2D eigenvalue weighted by molar-refractivity contribution is 0.153. The molecule has 0 aliphatic carbocycles. The van der Waals surface area contributed by atoms with Gasteiger partial charge in [-0.2, -0.15) is 11.8 Å². The first kappa shape index (κ1) is 7.42. The van der Waals surface area contributed by atoms with E-state index in [0.29, 0.717) is 0 Å². The lowest BCUT2D eigenvalue weighted by atomic mass is 10.0. The van der Waals surface area contributed by atoms with E-state index in [0.717, 1.165) is 5.92 Å². The summed E-state index contributed by atoms with van der Waals surface area (Å²) in [5.74, 6) is 3.65. The molecule has 0 unspecified atom stereocenters. The van der Waals surface area contributed by atoms with Gasteiger partial charge in [-0.05, 0) is 24.5 Å². The molecule has 0 aromatic heterocycles. The van der Waals surface area contributed by atoms with E-state index >= 15 is 0 Å². The number of rotatable bonds is 3. The van der Waals surface area contributed by atoms with Gasteiger partial charge < -0.3 is 4.90 Å². The maximum atomic E-state index is 2.38. The van der Waals surface area contributed by atoms with Gasteiger partial charge in [0, 0.05) is 13.1 Å². The Balaban J connectivity index is 1.91. The zero-order valence-electron chi connectivity index (χ0n) is 6.26. The van der Waals surface area contributed by atoms with Crippen molar-refractivity contribution < 1.29 is 0 Å². The smallest absolute Gasteiger partial charge is 0.00269 e. The van der Waals surface area contributed by atoms with Crippen LogP contribution >= 0.6 is 11.8 Å². The van der Waals surface area contributed by atoms with Crippen molar-refractivity contribution in [1.82, 2.24) is 4.90 Å². The van der Waals surface area contributed by atoms with Gasteiger partial charge in [0.25, 0.3) is 0 Å². The second kappa shape index (κ2) is 3.47. The number of hydrogen-bond donors (Lipinski definition) is 0. The van der Waals surface area contributed by atoms with Gasteiger partial charge >= 0.3 is 0 Å². The van der Waals surface area contributed by atoms with Crippen LogP contribution in [0.25, 0.3) is 0 Å². The van der Waals surface area contributed by atoms with Crippen LogP contribution in [-0.2, 0) is 0 Å². The minimum atomic E-state index is 1.000. The molecule has 0 N–H and O–H groups in total. The number of hydrogen-bond acceptors (Lipinski definition) is 2. The van der Waals surface area contributed by atoms with Crippen molar-refractivity contribution in [2.45, 2.75) is 6.92 Å². The van der Waals surface area contributed by atoms with Gasteiger partial charge in [-0.25, -0.2) is 0 Å². The van der Waals surface area contributed by atoms with Crippen LogP contribution in [0.2, 0.25) is 0 Å². The normalized spacial score (nSPS) is 22.0. The summed E-state index contributed by atoms with van der Waals surface area (Å²) in [6.07, 6.45) is 0. The van der Waals surface area contributed by atoms with Crippen molar-refractivity contribution >= 4 is 11.8 Å². The maximum absolute atomic E-state index is 2.38. The quantitative estimate of drug-likeness (QED) is 0.589. The molecule has 0 amide bonds. The molecule has 9 heavy (non-hydrogen) atoms. The average molecular weight is 145 g/mol. The van der Waals surface area contributed by atoms with Crippen molar-refractivity contribution in [3.05, 3.63) is 0 Å². The largest absolute Gasteiger partial charge is 0.306 e. The average Bonchev–Trinajstić information content (AvgIpc) is 1.78. The molecule has 0 spiro atoms. The highest BCUT2D eigenvalue weighted by molar-refractivity contribution is 7.99. The maximum Gasteiger partial charge on any atom is 0.00269 e. The molecule has 0 saturated carbocycles. The summed E-state index contributed by atoms with van der Waals surface area (Å²) in [6, 6.07) is 0. The third-order valence-corrected chi connectivity index (χ3v) is 2.81. The minimum Gasteiger partial charge on any atom is -0.306 e. The Hall–Kier alpha value is 0.310. The molecule has 0 atom stereocenters. The van der Waals surface area contributed by atoms with E-state index in [4.69, 9.17) is 0 Å². The molecule has 1 rings (SSSR count). The first-order valence-corrected chi connectivity index (χ1v) is 4.74. The van der Waals surface area contributed by atoms with E-state index in [1.807, 2.05) is 0 Å². The van der Waals surface area contributed by atoms with E-state index in [-0.39, 0.29) is 0 Å². The zero-order valence-corrected chi connectivity index (χ0v) is 7.08. The van der Waals surface area contributed by atoms with Crippen molar-refractivity contribution in [1.29, 1.82) is 0 Å². The van der Waals surface area contributed by atoms with Crippen LogP contribution in [0.3, 0.4) is 0 Å². The monoisotopic (exact) mass is 145 g/mol. The first-order valence-electron chi connectivity index (χ1n) is 3.59. The molecule has 0 radical (unpaired) electrons. The van der Waals surface area contributed by atoms with Crippen LogP contribution in [0.1, 0.15) is 6.92 Å². The molecule has 1 saturated heterocycles. The van der Waals surface area contributed by atoms with E-state index in [1.165, 1.54) is 24.6 Å². The highest BCUT2D eigenvalue weighted by Crippen LogP contribution is 2.17. The van der Waals surface area contributed by atoms with Crippen LogP contribution in [-0.4, -0.2) is 36.5 Å². The van der Waals surface area contributed by atoms with Crippen LogP contribution in [0, 0.1) is 5.92 Å². The molecule has 1 heterocycles. The summed E-state index contributed by atoms with van der Waals surface area (Å²) in [4.78, 5) is 2.38. The Morgan fingerprint density at radius 1 is 1.56 bits per heavy atom. The number of thioether (sulfide) groups is 1. The molecule has 54 valence electrons. The summed E-state index contributed by atoms with van der Waals surface area (Å²) in [6.45, 7) is 4.88. The van der Waals surface area contributed by atoms with Gasteiger partial charge in [0.2, 0.25) is 0 Å². The van der Waals surface area contributed by atoms with Crippen LogP contribution < -0.4 is 0 Å². The summed E-state index contributed by atoms with van der Waals surface area (Å²) < 4.78 is 0. The summed E-state index contributed by atoms with van der Waals surface area (Å²) in [5, 5.41) is 0. The number of nitrogens with zero attached hydrogens (tertiary/aromatic N) is 1. The molecule has 0 aromatic rings. The van der Waals surface area contributed by atoms with Gasteiger partial charge in [0.05, 0.1) is 0 Å². The fourth-order valence-corrected chi connectivity index (χ4v) is 2.00. The van der Waals surface area contributed by atoms with Crippen LogP contribution in [0.15, 0.2) is 0 Å². The SMILES string of the molecule is CCSCC1CN(C)C1. The Morgan fingerprint density at radius 3 is 2.67 bits per heavy atom. The summed E-state index contributed by atoms with van der Waals surface area (Å²) in [7, 11) is 2.19. The second-order valence-electron chi connectivity index (χ2n) is 2.75. The highest BCUT2D eigenvalue weighted by Gasteiger charge is 2.21.